The molecule has 3 heterocycles. The molecule has 0 spiro atoms. The van der Waals surface area contributed by atoms with Crippen molar-refractivity contribution in [2.24, 2.45) is 0 Å². The maximum atomic E-state index is 12.5. The van der Waals surface area contributed by atoms with Gasteiger partial charge in [0, 0.05) is 50.8 Å². The van der Waals surface area contributed by atoms with Crippen LogP contribution in [0, 0.1) is 0 Å². The zero-order valence-corrected chi connectivity index (χ0v) is 16.0. The van der Waals surface area contributed by atoms with E-state index in [4.69, 9.17) is 4.74 Å². The number of carbonyl (C=O) groups excluding carboxylic acids is 3. The third-order valence-electron chi connectivity index (χ3n) is 5.11. The van der Waals surface area contributed by atoms with Gasteiger partial charge in [-0.3, -0.25) is 14.4 Å². The third kappa shape index (κ3) is 4.37. The van der Waals surface area contributed by atoms with E-state index in [1.165, 1.54) is 0 Å². The number of ether oxygens (including phenoxy) is 1. The van der Waals surface area contributed by atoms with E-state index in [2.05, 4.69) is 15.2 Å². The molecule has 29 heavy (non-hydrogen) atoms. The number of nitrogens with zero attached hydrogens (tertiary/aromatic N) is 3. The number of piperazine rings is 1. The van der Waals surface area contributed by atoms with Crippen molar-refractivity contribution in [2.75, 3.05) is 43.0 Å². The maximum absolute atomic E-state index is 12.5. The highest BCUT2D eigenvalue weighted by Crippen LogP contribution is 2.29. The lowest BCUT2D eigenvalue weighted by Gasteiger charge is -2.35. The average Bonchev–Trinajstić information content (AvgIpc) is 2.77. The van der Waals surface area contributed by atoms with Crippen molar-refractivity contribution in [1.82, 2.24) is 9.88 Å². The maximum Gasteiger partial charge on any atom is 0.262 e. The second-order valence-electron chi connectivity index (χ2n) is 7.03. The van der Waals surface area contributed by atoms with Crippen molar-refractivity contribution in [3.8, 4) is 5.75 Å². The van der Waals surface area contributed by atoms with Crippen molar-refractivity contribution in [1.29, 1.82) is 0 Å². The van der Waals surface area contributed by atoms with Gasteiger partial charge in [-0.2, -0.15) is 0 Å². The SMILES string of the molecule is O=C1COc2ccc(C(=O)CCC(=O)N3CCN(c4ccccn4)CC3)cc2N1. The molecule has 150 valence electrons. The number of hydrogen-bond acceptors (Lipinski definition) is 6. The number of anilines is 2. The molecular formula is C21H22N4O4. The molecule has 8 heteroatoms. The summed E-state index contributed by atoms with van der Waals surface area (Å²) in [6.45, 7) is 2.66. The zero-order chi connectivity index (χ0) is 20.2. The Balaban J connectivity index is 1.28. The molecule has 8 nitrogen and oxygen atoms in total. The van der Waals surface area contributed by atoms with Gasteiger partial charge in [0.1, 0.15) is 11.6 Å². The predicted octanol–water partition coefficient (Wildman–Crippen LogP) is 1.72. The van der Waals surface area contributed by atoms with Gasteiger partial charge >= 0.3 is 0 Å². The largest absolute Gasteiger partial charge is 0.482 e. The Labute approximate surface area is 168 Å². The first-order valence-corrected chi connectivity index (χ1v) is 9.64. The standard InChI is InChI=1S/C21H22N4O4/c26-17(15-4-6-18-16(13-15)23-20(27)14-29-18)5-7-21(28)25-11-9-24(10-12-25)19-3-1-2-8-22-19/h1-4,6,8,13H,5,7,9-12,14H2,(H,23,27). The Morgan fingerprint density at radius 3 is 2.66 bits per heavy atom. The van der Waals surface area contributed by atoms with Gasteiger partial charge in [-0.05, 0) is 30.3 Å². The zero-order valence-electron chi connectivity index (χ0n) is 16.0. The molecule has 0 aliphatic carbocycles. The quantitative estimate of drug-likeness (QED) is 0.777. The Hall–Kier alpha value is -3.42. The number of pyridine rings is 1. The van der Waals surface area contributed by atoms with Gasteiger partial charge in [-0.15, -0.1) is 0 Å². The fourth-order valence-electron chi connectivity index (χ4n) is 3.51. The molecule has 4 rings (SSSR count). The van der Waals surface area contributed by atoms with Gasteiger partial charge in [0.2, 0.25) is 5.91 Å². The molecule has 0 saturated carbocycles. The minimum atomic E-state index is -0.248. The highest BCUT2D eigenvalue weighted by molar-refractivity contribution is 6.01. The van der Waals surface area contributed by atoms with Crippen LogP contribution in [0.2, 0.25) is 0 Å². The minimum Gasteiger partial charge on any atom is -0.482 e. The summed E-state index contributed by atoms with van der Waals surface area (Å²) in [7, 11) is 0. The molecule has 1 N–H and O–H groups in total. The lowest BCUT2D eigenvalue weighted by Crippen LogP contribution is -2.49. The summed E-state index contributed by atoms with van der Waals surface area (Å²) >= 11 is 0. The van der Waals surface area contributed by atoms with Crippen molar-refractivity contribution in [2.45, 2.75) is 12.8 Å². The summed E-state index contributed by atoms with van der Waals surface area (Å²) in [5.74, 6) is 1.06. The highest BCUT2D eigenvalue weighted by atomic mass is 16.5. The first-order valence-electron chi connectivity index (χ1n) is 9.64. The van der Waals surface area contributed by atoms with Crippen LogP contribution < -0.4 is 15.0 Å². The Kier molecular flexibility index (Phi) is 5.41. The number of fused-ring (bicyclic) bond motifs is 1. The van der Waals surface area contributed by atoms with E-state index in [1.54, 1.807) is 29.3 Å². The number of amides is 2. The smallest absolute Gasteiger partial charge is 0.262 e. The van der Waals surface area contributed by atoms with Gasteiger partial charge in [-0.1, -0.05) is 6.07 Å². The fourth-order valence-corrected chi connectivity index (χ4v) is 3.51. The van der Waals surface area contributed by atoms with E-state index in [1.807, 2.05) is 18.2 Å². The monoisotopic (exact) mass is 394 g/mol. The topological polar surface area (TPSA) is 91.8 Å². The number of aromatic nitrogens is 1. The average molecular weight is 394 g/mol. The molecule has 1 saturated heterocycles. The van der Waals surface area contributed by atoms with Gasteiger partial charge in [0.05, 0.1) is 5.69 Å². The van der Waals surface area contributed by atoms with Gasteiger partial charge in [-0.25, -0.2) is 4.98 Å². The number of benzene rings is 1. The van der Waals surface area contributed by atoms with Crippen LogP contribution in [0.1, 0.15) is 23.2 Å². The molecule has 2 amide bonds. The first kappa shape index (κ1) is 18.9. The number of ketones is 1. The van der Waals surface area contributed by atoms with Crippen molar-refractivity contribution < 1.29 is 19.1 Å². The van der Waals surface area contributed by atoms with E-state index >= 15 is 0 Å². The second kappa shape index (κ2) is 8.30. The van der Waals surface area contributed by atoms with E-state index < -0.39 is 0 Å². The second-order valence-corrected chi connectivity index (χ2v) is 7.03. The summed E-state index contributed by atoms with van der Waals surface area (Å²) in [6.07, 6.45) is 2.06. The molecule has 2 aromatic rings. The van der Waals surface area contributed by atoms with Crippen LogP contribution in [0.25, 0.3) is 0 Å². The normalized spacial score (nSPS) is 15.9. The predicted molar refractivity (Wildman–Crippen MR) is 107 cm³/mol. The number of hydrogen-bond donors (Lipinski definition) is 1. The summed E-state index contributed by atoms with van der Waals surface area (Å²) in [5.41, 5.74) is 0.950. The molecule has 1 aromatic heterocycles. The van der Waals surface area contributed by atoms with Crippen LogP contribution in [0.15, 0.2) is 42.6 Å². The van der Waals surface area contributed by atoms with Crippen LogP contribution in [-0.4, -0.2) is 60.3 Å². The van der Waals surface area contributed by atoms with Gasteiger partial charge in [0.15, 0.2) is 12.4 Å². The van der Waals surface area contributed by atoms with Crippen molar-refractivity contribution in [3.05, 3.63) is 48.2 Å². The van der Waals surface area contributed by atoms with E-state index in [0.717, 1.165) is 18.9 Å². The van der Waals surface area contributed by atoms with Crippen LogP contribution in [0.4, 0.5) is 11.5 Å². The van der Waals surface area contributed by atoms with Crippen LogP contribution in [-0.2, 0) is 9.59 Å². The fraction of sp³-hybridized carbons (Fsp3) is 0.333. The van der Waals surface area contributed by atoms with Crippen LogP contribution in [0.5, 0.6) is 5.75 Å². The minimum absolute atomic E-state index is 0.0198. The third-order valence-corrected chi connectivity index (χ3v) is 5.11. The van der Waals surface area contributed by atoms with Crippen LogP contribution >= 0.6 is 0 Å². The van der Waals surface area contributed by atoms with E-state index in [0.29, 0.717) is 30.1 Å². The molecule has 2 aliphatic heterocycles. The lowest BCUT2D eigenvalue weighted by molar-refractivity contribution is -0.131. The van der Waals surface area contributed by atoms with Gasteiger partial charge in [0.25, 0.3) is 5.91 Å². The summed E-state index contributed by atoms with van der Waals surface area (Å²) < 4.78 is 5.30. The molecule has 0 radical (unpaired) electrons. The van der Waals surface area contributed by atoms with Crippen molar-refractivity contribution >= 4 is 29.1 Å². The summed E-state index contributed by atoms with van der Waals surface area (Å²) in [4.78, 5) is 44.7. The Morgan fingerprint density at radius 2 is 1.90 bits per heavy atom. The molecule has 2 aliphatic rings. The number of nitrogens with one attached hydrogen (secondary N) is 1. The lowest BCUT2D eigenvalue weighted by atomic mass is 10.0. The van der Waals surface area contributed by atoms with E-state index in [-0.39, 0.29) is 37.0 Å². The number of Topliss-reactive ketones (excluding diaryl/α,β-unsaturated/α-hetero) is 1. The molecular weight excluding hydrogens is 372 g/mol. The first-order chi connectivity index (χ1) is 14.1. The Morgan fingerprint density at radius 1 is 1.07 bits per heavy atom. The van der Waals surface area contributed by atoms with Crippen LogP contribution in [0.3, 0.4) is 0 Å². The van der Waals surface area contributed by atoms with Gasteiger partial charge < -0.3 is 19.9 Å². The number of carbonyl (C=O) groups is 3. The summed E-state index contributed by atoms with van der Waals surface area (Å²) in [5, 5.41) is 2.69. The molecule has 0 bridgehead atoms. The molecule has 0 unspecified atom stereocenters. The summed E-state index contributed by atoms with van der Waals surface area (Å²) in [6, 6.07) is 10.7. The Bertz CT molecular complexity index is 924. The number of rotatable bonds is 5. The molecule has 1 aromatic carbocycles. The molecule has 1 fully saturated rings. The highest BCUT2D eigenvalue weighted by Gasteiger charge is 2.23. The van der Waals surface area contributed by atoms with Crippen molar-refractivity contribution in [3.63, 3.8) is 0 Å². The molecule has 0 atom stereocenters. The van der Waals surface area contributed by atoms with E-state index in [9.17, 15) is 14.4 Å².